The van der Waals surface area contributed by atoms with Gasteiger partial charge in [0.1, 0.15) is 0 Å². The number of rotatable bonds is 8. The van der Waals surface area contributed by atoms with Crippen LogP contribution in [-0.2, 0) is 5.41 Å². The zero-order valence-electron chi connectivity index (χ0n) is 39.7. The molecule has 0 aliphatic heterocycles. The third kappa shape index (κ3) is 6.69. The Balaban J connectivity index is 1.01. The molecule has 0 radical (unpaired) electrons. The second-order valence-electron chi connectivity index (χ2n) is 19.8. The maximum Gasteiger partial charge on any atom is 0.0727 e. The Kier molecular flexibility index (Phi) is 9.88. The average molecular weight is 909 g/mol. The van der Waals surface area contributed by atoms with Crippen LogP contribution in [0.4, 0.5) is 34.1 Å². The summed E-state index contributed by atoms with van der Waals surface area (Å²) in [5.41, 5.74) is 20.5. The number of para-hydroxylation sites is 1. The fourth-order valence-electron chi connectivity index (χ4n) is 12.8. The first-order valence-electron chi connectivity index (χ1n) is 25.5. The second-order valence-corrected chi connectivity index (χ2v) is 19.8. The van der Waals surface area contributed by atoms with Crippen LogP contribution in [0.25, 0.3) is 54.9 Å². The van der Waals surface area contributed by atoms with Crippen LogP contribution in [0.2, 0.25) is 0 Å². The number of hydrogen-bond acceptors (Lipinski definition) is 2. The molecule has 0 N–H and O–H groups in total. The van der Waals surface area contributed by atoms with Crippen LogP contribution < -0.4 is 9.80 Å². The summed E-state index contributed by atoms with van der Waals surface area (Å²) >= 11 is 0. The maximum absolute atomic E-state index is 2.53. The van der Waals surface area contributed by atoms with E-state index in [1.807, 2.05) is 0 Å². The molecule has 0 bridgehead atoms. The van der Waals surface area contributed by atoms with Crippen molar-refractivity contribution in [2.24, 2.45) is 0 Å². The summed E-state index contributed by atoms with van der Waals surface area (Å²) in [6, 6.07) is 93.5. The van der Waals surface area contributed by atoms with Gasteiger partial charge in [0.25, 0.3) is 0 Å². The van der Waals surface area contributed by atoms with Gasteiger partial charge in [-0.2, -0.15) is 0 Å². The first-order valence-corrected chi connectivity index (χ1v) is 25.5. The summed E-state index contributed by atoms with van der Waals surface area (Å²) in [5.74, 6) is 0.650. The van der Waals surface area contributed by atoms with E-state index in [0.717, 1.165) is 28.4 Å². The van der Waals surface area contributed by atoms with E-state index in [-0.39, 0.29) is 0 Å². The third-order valence-electron chi connectivity index (χ3n) is 16.0. The summed E-state index contributed by atoms with van der Waals surface area (Å²) in [4.78, 5) is 4.98. The first kappa shape index (κ1) is 41.5. The minimum absolute atomic E-state index is 0.586. The molecule has 0 amide bonds. The molecule has 11 aromatic rings. The van der Waals surface area contributed by atoms with E-state index >= 15 is 0 Å². The average Bonchev–Trinajstić information content (AvgIpc) is 3.91. The Hall–Kier alpha value is -8.46. The quantitative estimate of drug-likeness (QED) is 0.150. The predicted octanol–water partition coefficient (Wildman–Crippen LogP) is 19.0. The van der Waals surface area contributed by atoms with Gasteiger partial charge in [-0.1, -0.05) is 195 Å². The van der Waals surface area contributed by atoms with E-state index in [1.165, 1.54) is 121 Å². The van der Waals surface area contributed by atoms with Crippen LogP contribution in [-0.4, -0.2) is 0 Å². The summed E-state index contributed by atoms with van der Waals surface area (Å²) in [6.45, 7) is 0. The largest absolute Gasteiger partial charge is 0.310 e. The standard InChI is InChI=1S/C69H52N2/c1-4-18-47(19-5-1)49-32-35-55(36-33-49)70(54-26-8-3-9-27-54)57-38-40-61-59-28-14-16-30-64(59)69(66(61)45-57)65-31-17-15-29-60(65)62-41-39-58(46-67(62)69)71(56-37-34-48-20-10-11-23-51(48)42-56)68-44-53-25-13-12-24-52(53)43-63(68)50-21-6-2-7-22-50/h2-3,6-17,20-47H,1,4-5,18-19H2. The van der Waals surface area contributed by atoms with Gasteiger partial charge in [-0.3, -0.25) is 0 Å². The van der Waals surface area contributed by atoms with Gasteiger partial charge in [0.15, 0.2) is 0 Å². The predicted molar refractivity (Wildman–Crippen MR) is 298 cm³/mol. The summed E-state index contributed by atoms with van der Waals surface area (Å²) in [7, 11) is 0. The lowest BCUT2D eigenvalue weighted by Gasteiger charge is -2.34. The molecule has 3 aliphatic rings. The van der Waals surface area contributed by atoms with Gasteiger partial charge in [-0.05, 0) is 169 Å². The zero-order valence-corrected chi connectivity index (χ0v) is 39.7. The highest BCUT2D eigenvalue weighted by atomic mass is 15.1. The number of anilines is 6. The molecular weight excluding hydrogens is 857 g/mol. The molecule has 0 saturated heterocycles. The van der Waals surface area contributed by atoms with Gasteiger partial charge in [0, 0.05) is 34.0 Å². The van der Waals surface area contributed by atoms with Crippen molar-refractivity contribution < 1.29 is 0 Å². The van der Waals surface area contributed by atoms with E-state index in [4.69, 9.17) is 0 Å². The van der Waals surface area contributed by atoms with E-state index in [0.29, 0.717) is 5.92 Å². The molecule has 14 rings (SSSR count). The van der Waals surface area contributed by atoms with Crippen molar-refractivity contribution in [2.75, 3.05) is 9.80 Å². The van der Waals surface area contributed by atoms with Gasteiger partial charge < -0.3 is 9.80 Å². The van der Waals surface area contributed by atoms with E-state index in [2.05, 4.69) is 259 Å². The Morgan fingerprint density at radius 1 is 0.296 bits per heavy atom. The van der Waals surface area contributed by atoms with Gasteiger partial charge in [-0.25, -0.2) is 0 Å². The molecule has 2 heteroatoms. The zero-order chi connectivity index (χ0) is 46.9. The summed E-state index contributed by atoms with van der Waals surface area (Å²) in [6.07, 6.45) is 6.59. The van der Waals surface area contributed by atoms with Crippen molar-refractivity contribution in [1.29, 1.82) is 0 Å². The maximum atomic E-state index is 2.53. The van der Waals surface area contributed by atoms with Crippen LogP contribution in [0, 0.1) is 0 Å². The third-order valence-corrected chi connectivity index (χ3v) is 16.0. The fourth-order valence-corrected chi connectivity index (χ4v) is 12.8. The molecule has 0 heterocycles. The van der Waals surface area contributed by atoms with Crippen LogP contribution in [0.1, 0.15) is 65.8 Å². The smallest absolute Gasteiger partial charge is 0.0727 e. The molecule has 1 fully saturated rings. The van der Waals surface area contributed by atoms with E-state index in [9.17, 15) is 0 Å². The first-order chi connectivity index (χ1) is 35.2. The molecule has 1 unspecified atom stereocenters. The Labute approximate surface area is 416 Å². The Bertz CT molecular complexity index is 3800. The van der Waals surface area contributed by atoms with Crippen molar-refractivity contribution in [2.45, 2.75) is 43.4 Å². The monoisotopic (exact) mass is 908 g/mol. The van der Waals surface area contributed by atoms with Crippen LogP contribution >= 0.6 is 0 Å². The number of benzene rings is 11. The molecule has 338 valence electrons. The topological polar surface area (TPSA) is 6.48 Å². The second kappa shape index (κ2) is 16.9. The van der Waals surface area contributed by atoms with Crippen LogP contribution in [0.15, 0.2) is 249 Å². The number of nitrogens with zero attached hydrogens (tertiary/aromatic N) is 2. The van der Waals surface area contributed by atoms with Crippen molar-refractivity contribution >= 4 is 55.7 Å². The van der Waals surface area contributed by atoms with Crippen LogP contribution in [0.5, 0.6) is 0 Å². The number of fused-ring (bicyclic) bond motifs is 12. The highest BCUT2D eigenvalue weighted by molar-refractivity contribution is 6.02. The lowest BCUT2D eigenvalue weighted by Crippen LogP contribution is -2.26. The molecule has 71 heavy (non-hydrogen) atoms. The molecule has 2 nitrogen and oxygen atoms in total. The molecular formula is C69H52N2. The van der Waals surface area contributed by atoms with Crippen molar-refractivity contribution in [3.05, 3.63) is 277 Å². The number of hydrogen-bond donors (Lipinski definition) is 0. The normalized spacial score (nSPS) is 15.6. The van der Waals surface area contributed by atoms with Gasteiger partial charge in [0.05, 0.1) is 11.1 Å². The Morgan fingerprint density at radius 2 is 0.761 bits per heavy atom. The highest BCUT2D eigenvalue weighted by Crippen LogP contribution is 2.64. The molecule has 1 atom stereocenters. The van der Waals surface area contributed by atoms with Crippen molar-refractivity contribution in [3.8, 4) is 33.4 Å². The van der Waals surface area contributed by atoms with E-state index in [1.54, 1.807) is 0 Å². The van der Waals surface area contributed by atoms with Crippen LogP contribution in [0.3, 0.4) is 0 Å². The molecule has 1 spiro atoms. The summed E-state index contributed by atoms with van der Waals surface area (Å²) in [5, 5.41) is 4.85. The highest BCUT2D eigenvalue weighted by Gasteiger charge is 2.52. The van der Waals surface area contributed by atoms with Crippen molar-refractivity contribution in [1.82, 2.24) is 0 Å². The lowest BCUT2D eigenvalue weighted by atomic mass is 9.70. The van der Waals surface area contributed by atoms with Gasteiger partial charge >= 0.3 is 0 Å². The molecule has 1 saturated carbocycles. The van der Waals surface area contributed by atoms with Gasteiger partial charge in [0.2, 0.25) is 0 Å². The molecule has 11 aromatic carbocycles. The van der Waals surface area contributed by atoms with Gasteiger partial charge in [-0.15, -0.1) is 0 Å². The lowest BCUT2D eigenvalue weighted by molar-refractivity contribution is 0.443. The van der Waals surface area contributed by atoms with E-state index < -0.39 is 5.41 Å². The fraction of sp³-hybridized carbons (Fsp3) is 0.101. The molecule has 3 aliphatic carbocycles. The Morgan fingerprint density at radius 3 is 1.41 bits per heavy atom. The van der Waals surface area contributed by atoms with Crippen molar-refractivity contribution in [3.63, 3.8) is 0 Å². The molecule has 0 aromatic heterocycles. The minimum atomic E-state index is -0.586. The summed E-state index contributed by atoms with van der Waals surface area (Å²) < 4.78 is 0. The SMILES string of the molecule is c1ccc(-c2cc3ccccc3cc2N(c2ccc3c(c2)C2(c4ccccc4-c4ccc(N(c5ccccc5)c5ccc(C6CCCCC6)cc5)cc42)c2ccccc2-3)c2ccc3ccccc3c2)cc1. The minimum Gasteiger partial charge on any atom is -0.310 e.